The van der Waals surface area contributed by atoms with Crippen molar-refractivity contribution < 1.29 is 28.6 Å². The summed E-state index contributed by atoms with van der Waals surface area (Å²) in [6, 6.07) is 44.8. The second-order valence-electron chi connectivity index (χ2n) is 11.5. The van der Waals surface area contributed by atoms with Crippen LogP contribution in [0, 0.1) is 25.9 Å². The van der Waals surface area contributed by atoms with Gasteiger partial charge >= 0.3 is 0 Å². The van der Waals surface area contributed by atoms with E-state index in [1.54, 1.807) is 12.1 Å². The van der Waals surface area contributed by atoms with E-state index in [2.05, 4.69) is 75.0 Å². The molecule has 4 nitrogen and oxygen atoms in total. The van der Waals surface area contributed by atoms with Crippen LogP contribution < -0.4 is 0 Å². The van der Waals surface area contributed by atoms with Crippen molar-refractivity contribution in [2.24, 2.45) is 0 Å². The Kier molecular flexibility index (Phi) is 6.29. The number of furan rings is 1. The minimum atomic E-state index is -2.18. The number of nitrogens with zero attached hydrogens (tertiary/aromatic N) is 3. The van der Waals surface area contributed by atoms with Gasteiger partial charge in [-0.05, 0) is 60.0 Å². The first-order valence-electron chi connectivity index (χ1n) is 16.7. The Labute approximate surface area is 289 Å². The van der Waals surface area contributed by atoms with E-state index in [-0.39, 0.29) is 25.7 Å². The fourth-order valence-corrected chi connectivity index (χ4v) is 6.55. The number of rotatable bonds is 2. The Balaban J connectivity index is 0.000000218. The number of pyridine rings is 2. The van der Waals surface area contributed by atoms with Crippen molar-refractivity contribution in [3.05, 3.63) is 151 Å². The Morgan fingerprint density at radius 1 is 0.660 bits per heavy atom. The third-order valence-corrected chi connectivity index (χ3v) is 8.68. The Hall–Kier alpha value is -5.35. The molecule has 0 saturated carbocycles. The van der Waals surface area contributed by atoms with Gasteiger partial charge in [-0.25, -0.2) is 0 Å². The number of hydrogen-bond donors (Lipinski definition) is 0. The van der Waals surface area contributed by atoms with Gasteiger partial charge in [-0.2, -0.15) is 0 Å². The summed E-state index contributed by atoms with van der Waals surface area (Å²) in [5.41, 5.74) is 9.98. The maximum absolute atomic E-state index is 7.63. The van der Waals surface area contributed by atoms with Crippen LogP contribution >= 0.6 is 0 Å². The predicted molar refractivity (Wildman–Crippen MR) is 188 cm³/mol. The zero-order valence-electron chi connectivity index (χ0n) is 28.2. The van der Waals surface area contributed by atoms with Crippen LogP contribution in [0.2, 0.25) is 0 Å². The molecule has 0 aliphatic carbocycles. The average molecular weight is 785 g/mol. The molecule has 10 aromatic rings. The number of benzene rings is 5. The normalized spacial score (nSPS) is 12.7. The molecule has 0 aliphatic heterocycles. The zero-order chi connectivity index (χ0) is 33.3. The fraction of sp³-hybridized carbons (Fsp3) is 0.0476. The van der Waals surface area contributed by atoms with Crippen molar-refractivity contribution in [2.45, 2.75) is 13.8 Å². The summed E-state index contributed by atoms with van der Waals surface area (Å²) in [5, 5.41) is 6.72. The predicted octanol–water partition coefficient (Wildman–Crippen LogP) is 10.8. The molecule has 0 amide bonds. The zero-order valence-corrected chi connectivity index (χ0v) is 27.6. The van der Waals surface area contributed by atoms with Gasteiger partial charge in [0.1, 0.15) is 11.2 Å². The molecule has 0 spiro atoms. The number of fused-ring (bicyclic) bond motifs is 10. The van der Waals surface area contributed by atoms with Crippen LogP contribution in [0.5, 0.6) is 0 Å². The largest absolute Gasteiger partial charge is 0.455 e. The van der Waals surface area contributed by atoms with Crippen molar-refractivity contribution in [1.82, 2.24) is 14.4 Å². The molecule has 227 valence electrons. The topological polar surface area (TPSA) is 43.3 Å². The monoisotopic (exact) mass is 785 g/mol. The molecule has 0 saturated heterocycles. The first kappa shape index (κ1) is 25.8. The van der Waals surface area contributed by atoms with Crippen molar-refractivity contribution in [3.8, 4) is 22.5 Å². The maximum atomic E-state index is 7.63. The van der Waals surface area contributed by atoms with E-state index in [1.165, 1.54) is 22.5 Å². The Morgan fingerprint density at radius 3 is 2.17 bits per heavy atom. The van der Waals surface area contributed by atoms with Crippen LogP contribution in [-0.2, 0) is 20.1 Å². The summed E-state index contributed by atoms with van der Waals surface area (Å²) < 4.78 is 31.7. The van der Waals surface area contributed by atoms with Crippen LogP contribution in [-0.4, -0.2) is 14.4 Å². The number of aryl methyl sites for hydroxylation is 2. The molecule has 5 heteroatoms. The van der Waals surface area contributed by atoms with Gasteiger partial charge in [0.15, 0.2) is 0 Å². The van der Waals surface area contributed by atoms with E-state index >= 15 is 0 Å². The van der Waals surface area contributed by atoms with Gasteiger partial charge in [0.2, 0.25) is 0 Å². The molecule has 0 fully saturated rings. The summed E-state index contributed by atoms with van der Waals surface area (Å²) in [6.07, 6.45) is 3.30. The fourth-order valence-electron chi connectivity index (χ4n) is 6.55. The molecule has 0 aliphatic rings. The van der Waals surface area contributed by atoms with Crippen molar-refractivity contribution in [2.75, 3.05) is 0 Å². The average Bonchev–Trinajstić information content (AvgIpc) is 3.78. The van der Waals surface area contributed by atoms with Crippen LogP contribution in [0.3, 0.4) is 0 Å². The van der Waals surface area contributed by atoms with Crippen LogP contribution in [0.15, 0.2) is 132 Å². The van der Waals surface area contributed by atoms with Gasteiger partial charge in [-0.15, -0.1) is 59.7 Å². The summed E-state index contributed by atoms with van der Waals surface area (Å²) in [7, 11) is 0. The summed E-state index contributed by atoms with van der Waals surface area (Å²) in [5.74, 6) is 0. The minimum Gasteiger partial charge on any atom is -0.455 e. The van der Waals surface area contributed by atoms with Gasteiger partial charge in [0, 0.05) is 69.1 Å². The molecule has 0 bridgehead atoms. The van der Waals surface area contributed by atoms with E-state index in [1.807, 2.05) is 67.7 Å². The van der Waals surface area contributed by atoms with Crippen LogP contribution in [0.1, 0.15) is 15.2 Å². The molecule has 5 aromatic carbocycles. The van der Waals surface area contributed by atoms with Crippen LogP contribution in [0.25, 0.3) is 82.5 Å². The molecule has 0 unspecified atom stereocenters. The van der Waals surface area contributed by atoms with Crippen molar-refractivity contribution >= 4 is 60.0 Å². The van der Waals surface area contributed by atoms with Crippen molar-refractivity contribution in [1.29, 1.82) is 0 Å². The second-order valence-corrected chi connectivity index (χ2v) is 11.5. The quantitative estimate of drug-likeness (QED) is 0.164. The second kappa shape index (κ2) is 11.5. The molecule has 1 radical (unpaired) electrons. The van der Waals surface area contributed by atoms with Gasteiger partial charge < -0.3 is 18.8 Å². The van der Waals surface area contributed by atoms with Crippen LogP contribution in [0.4, 0.5) is 0 Å². The van der Waals surface area contributed by atoms with Gasteiger partial charge in [0.25, 0.3) is 0 Å². The standard InChI is InChI=1S/C30H17N2O.C12H10N.Ir/c1-17-10-12-24(31-16-17)18-11-13-26-23(14-18)28-29-21(19-6-2-4-8-25(19)32(26)29)15-22-20-7-3-5-9-27(20)33-30(22)28;1-10-7-8-12(13-9-10)11-5-3-2-4-6-11;/h2-10,12-16H,1H3;2-5,7-9H,1H3;/q2*-1;/i1D3;;. The Morgan fingerprint density at radius 2 is 1.40 bits per heavy atom. The van der Waals surface area contributed by atoms with Gasteiger partial charge in [-0.3, -0.25) is 0 Å². The summed E-state index contributed by atoms with van der Waals surface area (Å²) in [6.45, 7) is -0.147. The SMILES string of the molecule is Cc1ccc(-c2[c-]cccc2)nc1.[2H]C([2H])([2H])c1ccc(-c2[c-]cc3c(c2)c2c4oc5ccccc5c4cc4c5ccccc5n3c42)nc1.[Ir]. The molecule has 5 aromatic heterocycles. The molecule has 47 heavy (non-hydrogen) atoms. The number of hydrogen-bond acceptors (Lipinski definition) is 3. The van der Waals surface area contributed by atoms with Crippen molar-refractivity contribution in [3.63, 3.8) is 0 Å². The van der Waals surface area contributed by atoms with Gasteiger partial charge in [0.05, 0.1) is 5.52 Å². The minimum absolute atomic E-state index is 0. The van der Waals surface area contributed by atoms with E-state index in [4.69, 9.17) is 8.53 Å². The molecule has 0 N–H and O–H groups in total. The first-order chi connectivity index (χ1) is 23.8. The maximum Gasteiger partial charge on any atom is 0.143 e. The third-order valence-electron chi connectivity index (χ3n) is 8.68. The molecular formula is C42H27IrN3O-2. The van der Waals surface area contributed by atoms with E-state index in [9.17, 15) is 0 Å². The van der Waals surface area contributed by atoms with E-state index in [0.29, 0.717) is 5.69 Å². The number of para-hydroxylation sites is 2. The summed E-state index contributed by atoms with van der Waals surface area (Å²) in [4.78, 5) is 8.77. The van der Waals surface area contributed by atoms with E-state index in [0.717, 1.165) is 66.1 Å². The molecule has 5 heterocycles. The molecular weight excluding hydrogens is 755 g/mol. The third kappa shape index (κ3) is 4.70. The van der Waals surface area contributed by atoms with Gasteiger partial charge in [-0.1, -0.05) is 66.0 Å². The Bertz CT molecular complexity index is 2810. The number of aromatic nitrogens is 3. The molecule has 0 atom stereocenters. The smallest absolute Gasteiger partial charge is 0.143 e. The molecule has 10 rings (SSSR count). The van der Waals surface area contributed by atoms with E-state index < -0.39 is 6.85 Å². The summed E-state index contributed by atoms with van der Waals surface area (Å²) >= 11 is 0. The first-order valence-corrected chi connectivity index (χ1v) is 15.2.